The molecule has 0 aliphatic rings. The Balaban J connectivity index is 4.40. The highest BCUT2D eigenvalue weighted by atomic mass is 16.2. The second-order valence-corrected chi connectivity index (χ2v) is 5.35. The first-order chi connectivity index (χ1) is 7.78. The smallest absolute Gasteiger partial charge is 0.240 e. The largest absolute Gasteiger partial charge is 0.353 e. The molecule has 1 amide bonds. The molecular weight excluding hydrogens is 214 g/mol. The Morgan fingerprint density at radius 1 is 1.29 bits per heavy atom. The van der Waals surface area contributed by atoms with Gasteiger partial charge in [-0.15, -0.1) is 0 Å². The van der Waals surface area contributed by atoms with Crippen LogP contribution in [0, 0.1) is 5.92 Å². The van der Waals surface area contributed by atoms with Crippen LogP contribution < -0.4 is 11.1 Å². The summed E-state index contributed by atoms with van der Waals surface area (Å²) in [7, 11) is 4.07. The fourth-order valence-corrected chi connectivity index (χ4v) is 1.96. The van der Waals surface area contributed by atoms with Crippen molar-refractivity contribution < 1.29 is 4.79 Å². The third-order valence-corrected chi connectivity index (χ3v) is 3.62. The Morgan fingerprint density at radius 3 is 2.06 bits per heavy atom. The van der Waals surface area contributed by atoms with Gasteiger partial charge in [-0.25, -0.2) is 0 Å². The average molecular weight is 243 g/mol. The summed E-state index contributed by atoms with van der Waals surface area (Å²) >= 11 is 0. The van der Waals surface area contributed by atoms with Crippen molar-refractivity contribution in [3.8, 4) is 0 Å². The van der Waals surface area contributed by atoms with E-state index >= 15 is 0 Å². The number of amides is 1. The van der Waals surface area contributed by atoms with E-state index in [4.69, 9.17) is 5.73 Å². The first kappa shape index (κ1) is 16.4. The monoisotopic (exact) mass is 243 g/mol. The summed E-state index contributed by atoms with van der Waals surface area (Å²) in [4.78, 5) is 14.2. The van der Waals surface area contributed by atoms with Crippen LogP contribution in [0.1, 0.15) is 40.5 Å². The van der Waals surface area contributed by atoms with E-state index in [1.807, 2.05) is 27.9 Å². The number of rotatable bonds is 7. The summed E-state index contributed by atoms with van der Waals surface area (Å²) in [5.74, 6) is 0.468. The van der Waals surface area contributed by atoms with Crippen LogP contribution in [0.3, 0.4) is 0 Å². The van der Waals surface area contributed by atoms with Gasteiger partial charge >= 0.3 is 0 Å². The predicted molar refractivity (Wildman–Crippen MR) is 72.8 cm³/mol. The van der Waals surface area contributed by atoms with Crippen molar-refractivity contribution >= 4 is 5.91 Å². The van der Waals surface area contributed by atoms with Crippen molar-refractivity contribution in [3.63, 3.8) is 0 Å². The van der Waals surface area contributed by atoms with E-state index in [2.05, 4.69) is 24.1 Å². The second kappa shape index (κ2) is 6.97. The molecule has 0 bridgehead atoms. The van der Waals surface area contributed by atoms with Crippen molar-refractivity contribution in [2.24, 2.45) is 11.7 Å². The van der Waals surface area contributed by atoms with Crippen molar-refractivity contribution in [1.82, 2.24) is 10.2 Å². The Morgan fingerprint density at radius 2 is 1.76 bits per heavy atom. The molecule has 0 rings (SSSR count). The van der Waals surface area contributed by atoms with Crippen LogP contribution >= 0.6 is 0 Å². The summed E-state index contributed by atoms with van der Waals surface area (Å²) in [6.07, 6.45) is 1.34. The molecule has 0 aromatic heterocycles. The van der Waals surface area contributed by atoms with E-state index in [0.717, 1.165) is 0 Å². The quantitative estimate of drug-likeness (QED) is 0.706. The summed E-state index contributed by atoms with van der Waals surface area (Å²) in [6.45, 7) is 8.88. The number of nitrogens with one attached hydrogen (secondary N) is 1. The minimum absolute atomic E-state index is 0.0324. The van der Waals surface area contributed by atoms with Crippen LogP contribution in [0.4, 0.5) is 0 Å². The maximum absolute atomic E-state index is 12.0. The molecule has 0 saturated heterocycles. The summed E-state index contributed by atoms with van der Waals surface area (Å²) in [6, 6.07) is 0.344. The van der Waals surface area contributed by atoms with Gasteiger partial charge in [0.25, 0.3) is 0 Å². The Kier molecular flexibility index (Phi) is 6.72. The van der Waals surface area contributed by atoms with E-state index in [1.54, 1.807) is 0 Å². The van der Waals surface area contributed by atoms with Gasteiger partial charge in [-0.05, 0) is 32.9 Å². The SMILES string of the molecule is CCC(N)(CC)C(=O)NCC(C(C)C)N(C)C. The van der Waals surface area contributed by atoms with Gasteiger partial charge < -0.3 is 16.0 Å². The zero-order valence-corrected chi connectivity index (χ0v) is 12.2. The van der Waals surface area contributed by atoms with Gasteiger partial charge in [0.15, 0.2) is 0 Å². The van der Waals surface area contributed by atoms with Gasteiger partial charge in [-0.2, -0.15) is 0 Å². The third-order valence-electron chi connectivity index (χ3n) is 3.62. The van der Waals surface area contributed by atoms with Gasteiger partial charge in [0.05, 0.1) is 5.54 Å². The van der Waals surface area contributed by atoms with Crippen molar-refractivity contribution in [3.05, 3.63) is 0 Å². The Bertz CT molecular complexity index is 227. The predicted octanol–water partition coefficient (Wildman–Crippen LogP) is 1.21. The molecule has 0 radical (unpaired) electrons. The Hall–Kier alpha value is -0.610. The van der Waals surface area contributed by atoms with Crippen LogP contribution in [-0.4, -0.2) is 43.0 Å². The van der Waals surface area contributed by atoms with Gasteiger partial charge in [0, 0.05) is 12.6 Å². The molecule has 4 heteroatoms. The molecule has 0 heterocycles. The lowest BCUT2D eigenvalue weighted by molar-refractivity contribution is -0.126. The number of hydrogen-bond acceptors (Lipinski definition) is 3. The molecule has 0 aliphatic heterocycles. The molecule has 0 saturated carbocycles. The zero-order chi connectivity index (χ0) is 13.6. The molecule has 17 heavy (non-hydrogen) atoms. The number of carbonyl (C=O) groups excluding carboxylic acids is 1. The van der Waals surface area contributed by atoms with Crippen molar-refractivity contribution in [1.29, 1.82) is 0 Å². The van der Waals surface area contributed by atoms with Crippen LogP contribution in [0.15, 0.2) is 0 Å². The zero-order valence-electron chi connectivity index (χ0n) is 12.2. The molecule has 0 fully saturated rings. The molecular formula is C13H29N3O. The number of carbonyl (C=O) groups is 1. The lowest BCUT2D eigenvalue weighted by Crippen LogP contribution is -2.55. The molecule has 102 valence electrons. The highest BCUT2D eigenvalue weighted by Crippen LogP contribution is 2.12. The first-order valence-corrected chi connectivity index (χ1v) is 6.52. The number of nitrogens with zero attached hydrogens (tertiary/aromatic N) is 1. The lowest BCUT2D eigenvalue weighted by Gasteiger charge is -2.31. The van der Waals surface area contributed by atoms with E-state index < -0.39 is 5.54 Å². The number of nitrogens with two attached hydrogens (primary N) is 1. The molecule has 1 atom stereocenters. The number of likely N-dealkylation sites (N-methyl/N-ethyl adjacent to an activating group) is 1. The molecule has 3 N–H and O–H groups in total. The molecule has 1 unspecified atom stereocenters. The van der Waals surface area contributed by atoms with E-state index in [9.17, 15) is 4.79 Å². The first-order valence-electron chi connectivity index (χ1n) is 6.52. The van der Waals surface area contributed by atoms with Crippen LogP contribution in [0.5, 0.6) is 0 Å². The van der Waals surface area contributed by atoms with Crippen molar-refractivity contribution in [2.75, 3.05) is 20.6 Å². The highest BCUT2D eigenvalue weighted by Gasteiger charge is 2.30. The van der Waals surface area contributed by atoms with Crippen LogP contribution in [0.25, 0.3) is 0 Å². The second-order valence-electron chi connectivity index (χ2n) is 5.35. The highest BCUT2D eigenvalue weighted by molar-refractivity contribution is 5.85. The molecule has 0 aliphatic carbocycles. The van der Waals surface area contributed by atoms with E-state index in [1.165, 1.54) is 0 Å². The van der Waals surface area contributed by atoms with Crippen LogP contribution in [0.2, 0.25) is 0 Å². The maximum atomic E-state index is 12.0. The van der Waals surface area contributed by atoms with Gasteiger partial charge in [0.2, 0.25) is 5.91 Å². The lowest BCUT2D eigenvalue weighted by atomic mass is 9.93. The molecule has 0 aromatic carbocycles. The molecule has 0 aromatic rings. The summed E-state index contributed by atoms with van der Waals surface area (Å²) in [5, 5.41) is 2.98. The standard InChI is InChI=1S/C13H29N3O/c1-7-13(14,8-2)12(17)15-9-11(10(3)4)16(5)6/h10-11H,7-9,14H2,1-6H3,(H,15,17). The average Bonchev–Trinajstić information content (AvgIpc) is 2.26. The van der Waals surface area contributed by atoms with E-state index in [-0.39, 0.29) is 5.91 Å². The van der Waals surface area contributed by atoms with Crippen molar-refractivity contribution in [2.45, 2.75) is 52.1 Å². The normalized spacial score (nSPS) is 14.2. The van der Waals surface area contributed by atoms with Gasteiger partial charge in [-0.1, -0.05) is 27.7 Å². The fourth-order valence-electron chi connectivity index (χ4n) is 1.96. The van der Waals surface area contributed by atoms with Crippen LogP contribution in [-0.2, 0) is 4.79 Å². The number of hydrogen-bond donors (Lipinski definition) is 2. The topological polar surface area (TPSA) is 58.4 Å². The van der Waals surface area contributed by atoms with Gasteiger partial charge in [0.1, 0.15) is 0 Å². The molecule has 4 nitrogen and oxygen atoms in total. The summed E-state index contributed by atoms with van der Waals surface area (Å²) < 4.78 is 0. The Labute approximate surface area is 106 Å². The van der Waals surface area contributed by atoms with E-state index in [0.29, 0.717) is 31.3 Å². The minimum atomic E-state index is -0.714. The molecule has 0 spiro atoms. The summed E-state index contributed by atoms with van der Waals surface area (Å²) in [5.41, 5.74) is 5.34. The maximum Gasteiger partial charge on any atom is 0.240 e. The minimum Gasteiger partial charge on any atom is -0.353 e. The van der Waals surface area contributed by atoms with Gasteiger partial charge in [-0.3, -0.25) is 4.79 Å². The third kappa shape index (κ3) is 4.64. The fraction of sp³-hybridized carbons (Fsp3) is 0.923.